The number of allylic oxidation sites excluding steroid dienone is 3. The minimum absolute atomic E-state index is 1.20. The van der Waals surface area contributed by atoms with E-state index in [1.807, 2.05) is 18.2 Å². The Morgan fingerprint density at radius 3 is 2.50 bits per heavy atom. The predicted octanol–water partition coefficient (Wildman–Crippen LogP) is 3.85. The van der Waals surface area contributed by atoms with Crippen LogP contribution in [0.1, 0.15) is 5.56 Å². The van der Waals surface area contributed by atoms with Gasteiger partial charge in [-0.1, -0.05) is 40.9 Å². The first kappa shape index (κ1) is 9.18. The Morgan fingerprint density at radius 2 is 1.86 bits per heavy atom. The van der Waals surface area contributed by atoms with Crippen molar-refractivity contribution in [2.24, 2.45) is 0 Å². The zero-order valence-electron chi connectivity index (χ0n) is 7.95. The van der Waals surface area contributed by atoms with Gasteiger partial charge in [0.2, 0.25) is 0 Å². The van der Waals surface area contributed by atoms with Crippen LogP contribution >= 0.6 is 11.8 Å². The lowest BCUT2D eigenvalue weighted by Gasteiger charge is -2.01. The molecule has 68 valence electrons. The second-order valence-electron chi connectivity index (χ2n) is 3.08. The molecule has 0 amide bonds. The standard InChI is InChI=1S/C13H10S/c1-11-7-9-13(10-8-11)14-12-5-3-2-4-6-12/h3,5-10H,1H3. The van der Waals surface area contributed by atoms with Gasteiger partial charge in [-0.15, -0.1) is 0 Å². The van der Waals surface area contributed by atoms with Gasteiger partial charge in [-0.05, 0) is 31.2 Å². The third-order valence-electron chi connectivity index (χ3n) is 1.89. The van der Waals surface area contributed by atoms with E-state index in [-0.39, 0.29) is 0 Å². The molecule has 0 spiro atoms. The first-order valence-electron chi connectivity index (χ1n) is 4.47. The van der Waals surface area contributed by atoms with Crippen LogP contribution in [0, 0.1) is 6.92 Å². The van der Waals surface area contributed by atoms with Gasteiger partial charge in [0.25, 0.3) is 0 Å². The number of rotatable bonds is 2. The van der Waals surface area contributed by atoms with Crippen LogP contribution in [-0.4, -0.2) is 0 Å². The molecule has 0 aliphatic heterocycles. The molecule has 0 saturated carbocycles. The Labute approximate surface area is 88.3 Å². The second-order valence-corrected chi connectivity index (χ2v) is 4.23. The summed E-state index contributed by atoms with van der Waals surface area (Å²) in [4.78, 5) is 2.46. The third kappa shape index (κ3) is 2.31. The Balaban J connectivity index is 2.12. The van der Waals surface area contributed by atoms with Gasteiger partial charge in [-0.3, -0.25) is 0 Å². The van der Waals surface area contributed by atoms with Gasteiger partial charge >= 0.3 is 0 Å². The van der Waals surface area contributed by atoms with E-state index in [1.54, 1.807) is 11.8 Å². The van der Waals surface area contributed by atoms with E-state index >= 15 is 0 Å². The molecule has 0 radical (unpaired) electrons. The van der Waals surface area contributed by atoms with E-state index in [2.05, 4.69) is 42.7 Å². The molecule has 0 fully saturated rings. The van der Waals surface area contributed by atoms with Crippen molar-refractivity contribution >= 4 is 11.8 Å². The molecule has 0 heterocycles. The predicted molar refractivity (Wildman–Crippen MR) is 61.3 cm³/mol. The number of hydrogen-bond donors (Lipinski definition) is 0. The van der Waals surface area contributed by atoms with Crippen molar-refractivity contribution in [2.75, 3.05) is 0 Å². The maximum Gasteiger partial charge on any atom is 0.0212 e. The van der Waals surface area contributed by atoms with E-state index in [1.165, 1.54) is 15.4 Å². The third-order valence-corrected chi connectivity index (χ3v) is 2.88. The number of hydrogen-bond acceptors (Lipinski definition) is 1. The topological polar surface area (TPSA) is 0 Å². The van der Waals surface area contributed by atoms with E-state index in [0.29, 0.717) is 0 Å². The SMILES string of the molecule is Cc1ccc(SC2=CC=C=C=C2)cc1. The lowest BCUT2D eigenvalue weighted by atomic mass is 10.2. The highest BCUT2D eigenvalue weighted by molar-refractivity contribution is 8.03. The highest BCUT2D eigenvalue weighted by Crippen LogP contribution is 2.27. The maximum atomic E-state index is 2.95. The molecular formula is C13H10S. The van der Waals surface area contributed by atoms with Crippen molar-refractivity contribution in [1.82, 2.24) is 0 Å². The number of thioether (sulfide) groups is 1. The van der Waals surface area contributed by atoms with Crippen LogP contribution in [0.15, 0.2) is 63.8 Å². The number of aryl methyl sites for hydroxylation is 1. The van der Waals surface area contributed by atoms with Gasteiger partial charge < -0.3 is 0 Å². The van der Waals surface area contributed by atoms with Crippen molar-refractivity contribution < 1.29 is 0 Å². The van der Waals surface area contributed by atoms with E-state index < -0.39 is 0 Å². The quantitative estimate of drug-likeness (QED) is 0.650. The van der Waals surface area contributed by atoms with Gasteiger partial charge in [0.1, 0.15) is 0 Å². The van der Waals surface area contributed by atoms with Crippen molar-refractivity contribution in [3.8, 4) is 0 Å². The molecular weight excluding hydrogens is 188 g/mol. The van der Waals surface area contributed by atoms with Crippen LogP contribution in [0.5, 0.6) is 0 Å². The Bertz CT molecular complexity index is 451. The van der Waals surface area contributed by atoms with Crippen LogP contribution in [-0.2, 0) is 0 Å². The Kier molecular flexibility index (Phi) is 2.76. The molecule has 0 nitrogen and oxygen atoms in total. The lowest BCUT2D eigenvalue weighted by molar-refractivity contribution is 1.38. The average Bonchev–Trinajstić information content (AvgIpc) is 2.23. The van der Waals surface area contributed by atoms with E-state index in [0.717, 1.165) is 0 Å². The van der Waals surface area contributed by atoms with Crippen LogP contribution in [0.25, 0.3) is 0 Å². The van der Waals surface area contributed by atoms with Gasteiger partial charge in [0, 0.05) is 15.9 Å². The summed E-state index contributed by atoms with van der Waals surface area (Å²) in [6.45, 7) is 2.10. The van der Waals surface area contributed by atoms with Crippen LogP contribution in [0.3, 0.4) is 0 Å². The molecule has 1 heteroatoms. The fourth-order valence-corrected chi connectivity index (χ4v) is 1.94. The minimum Gasteiger partial charge on any atom is -0.0894 e. The summed E-state index contributed by atoms with van der Waals surface area (Å²) >= 11 is 1.75. The average molecular weight is 198 g/mol. The molecule has 0 atom stereocenters. The maximum absolute atomic E-state index is 2.95. The molecule has 14 heavy (non-hydrogen) atoms. The van der Waals surface area contributed by atoms with Gasteiger partial charge in [0.05, 0.1) is 0 Å². The summed E-state index contributed by atoms with van der Waals surface area (Å²) in [7, 11) is 0. The fraction of sp³-hybridized carbons (Fsp3) is 0.0769. The number of benzene rings is 1. The van der Waals surface area contributed by atoms with Crippen LogP contribution in [0.2, 0.25) is 0 Å². The van der Waals surface area contributed by atoms with Gasteiger partial charge in [-0.25, -0.2) is 0 Å². The minimum atomic E-state index is 1.20. The zero-order valence-corrected chi connectivity index (χ0v) is 8.77. The molecule has 0 unspecified atom stereocenters. The molecule has 1 aliphatic rings. The molecule has 0 N–H and O–H groups in total. The largest absolute Gasteiger partial charge is 0.0894 e. The summed E-state index contributed by atoms with van der Waals surface area (Å²) in [5.41, 5.74) is 7.13. The summed E-state index contributed by atoms with van der Waals surface area (Å²) in [6.07, 6.45) is 5.88. The zero-order chi connectivity index (χ0) is 9.80. The summed E-state index contributed by atoms with van der Waals surface area (Å²) in [6, 6.07) is 8.52. The highest BCUT2D eigenvalue weighted by Gasteiger charge is 1.97. The van der Waals surface area contributed by atoms with Crippen LogP contribution in [0.4, 0.5) is 0 Å². The summed E-state index contributed by atoms with van der Waals surface area (Å²) < 4.78 is 0. The molecule has 2 rings (SSSR count). The summed E-state index contributed by atoms with van der Waals surface area (Å²) in [5, 5.41) is 0. The second kappa shape index (κ2) is 4.21. The first-order chi connectivity index (χ1) is 6.84. The molecule has 1 aromatic carbocycles. The molecule has 1 aromatic rings. The van der Waals surface area contributed by atoms with Gasteiger partial charge in [-0.2, -0.15) is 0 Å². The molecule has 0 bridgehead atoms. The fourth-order valence-electron chi connectivity index (χ4n) is 1.14. The van der Waals surface area contributed by atoms with Crippen molar-refractivity contribution in [2.45, 2.75) is 11.8 Å². The van der Waals surface area contributed by atoms with Crippen molar-refractivity contribution in [1.29, 1.82) is 0 Å². The first-order valence-corrected chi connectivity index (χ1v) is 5.28. The monoisotopic (exact) mass is 198 g/mol. The highest BCUT2D eigenvalue weighted by atomic mass is 32.2. The summed E-state index contributed by atoms with van der Waals surface area (Å²) in [5.74, 6) is 0. The van der Waals surface area contributed by atoms with E-state index in [4.69, 9.17) is 0 Å². The van der Waals surface area contributed by atoms with Crippen molar-refractivity contribution in [3.05, 3.63) is 64.4 Å². The van der Waals surface area contributed by atoms with Gasteiger partial charge in [0.15, 0.2) is 0 Å². The Hall–Kier alpha value is -1.39. The van der Waals surface area contributed by atoms with E-state index in [9.17, 15) is 0 Å². The smallest absolute Gasteiger partial charge is 0.0212 e. The van der Waals surface area contributed by atoms with Crippen molar-refractivity contribution in [3.63, 3.8) is 0 Å². The van der Waals surface area contributed by atoms with Crippen LogP contribution < -0.4 is 0 Å². The molecule has 0 saturated heterocycles. The molecule has 1 aliphatic carbocycles. The molecule has 0 aromatic heterocycles. The normalized spacial score (nSPS) is 13.1. The Morgan fingerprint density at radius 1 is 1.07 bits per heavy atom. The lowest BCUT2D eigenvalue weighted by Crippen LogP contribution is -1.75.